The molecule has 2 aromatic rings. The van der Waals surface area contributed by atoms with Crippen molar-refractivity contribution < 1.29 is 9.31 Å². The normalized spacial score (nSPS) is 12.1. The molecule has 0 fully saturated rings. The fraction of sp³-hybridized carbons (Fsp3) is 0.250. The van der Waals surface area contributed by atoms with Crippen LogP contribution >= 0.6 is 0 Å². The molecule has 0 spiro atoms. The first-order valence-electron chi connectivity index (χ1n) is 6.76. The summed E-state index contributed by atoms with van der Waals surface area (Å²) in [4.78, 5) is 10.1. The summed E-state index contributed by atoms with van der Waals surface area (Å²) in [6.45, 7) is 3.21. The number of benzene rings is 2. The summed E-state index contributed by atoms with van der Waals surface area (Å²) >= 11 is 0. The van der Waals surface area contributed by atoms with Crippen molar-refractivity contribution in [2.45, 2.75) is 19.4 Å². The lowest BCUT2D eigenvalue weighted by atomic mass is 10.0. The fourth-order valence-corrected chi connectivity index (χ4v) is 2.17. The van der Waals surface area contributed by atoms with Crippen LogP contribution in [0.1, 0.15) is 24.0 Å². The van der Waals surface area contributed by atoms with Gasteiger partial charge in [0.25, 0.3) is 5.69 Å². The van der Waals surface area contributed by atoms with Gasteiger partial charge in [-0.1, -0.05) is 37.3 Å². The molecule has 1 unspecified atom stereocenters. The van der Waals surface area contributed by atoms with E-state index in [1.165, 1.54) is 17.7 Å². The zero-order chi connectivity index (χ0) is 15.2. The predicted octanol–water partition coefficient (Wildman–Crippen LogP) is 3.63. The zero-order valence-corrected chi connectivity index (χ0v) is 11.8. The number of non-ortho nitro benzene ring substituents is 1. The van der Waals surface area contributed by atoms with E-state index in [-0.39, 0.29) is 5.69 Å². The first kappa shape index (κ1) is 15.1. The average molecular weight is 288 g/mol. The van der Waals surface area contributed by atoms with E-state index in [9.17, 15) is 14.5 Å². The molecule has 0 aliphatic rings. The van der Waals surface area contributed by atoms with Crippen LogP contribution in [0.15, 0.2) is 48.5 Å². The highest BCUT2D eigenvalue weighted by Crippen LogP contribution is 2.17. The third-order valence-corrected chi connectivity index (χ3v) is 3.30. The van der Waals surface area contributed by atoms with E-state index in [4.69, 9.17) is 0 Å². The quantitative estimate of drug-likeness (QED) is 0.652. The van der Waals surface area contributed by atoms with Crippen molar-refractivity contribution in [1.82, 2.24) is 5.32 Å². The molecular formula is C16H17FN2O2. The van der Waals surface area contributed by atoms with Crippen molar-refractivity contribution in [3.8, 4) is 0 Å². The van der Waals surface area contributed by atoms with Gasteiger partial charge in [0.1, 0.15) is 5.82 Å². The molecule has 5 heteroatoms. The summed E-state index contributed by atoms with van der Waals surface area (Å²) in [5.41, 5.74) is 1.57. The van der Waals surface area contributed by atoms with E-state index in [0.29, 0.717) is 24.6 Å². The number of hydrogen-bond acceptors (Lipinski definition) is 3. The van der Waals surface area contributed by atoms with E-state index in [0.717, 1.165) is 6.07 Å². The van der Waals surface area contributed by atoms with Gasteiger partial charge in [0, 0.05) is 19.2 Å². The Hall–Kier alpha value is -2.27. The lowest BCUT2D eigenvalue weighted by molar-refractivity contribution is -0.385. The average Bonchev–Trinajstić information content (AvgIpc) is 2.47. The first-order valence-corrected chi connectivity index (χ1v) is 6.76. The highest BCUT2D eigenvalue weighted by molar-refractivity contribution is 5.35. The Morgan fingerprint density at radius 2 is 1.95 bits per heavy atom. The maximum Gasteiger partial charge on any atom is 0.272 e. The molecule has 21 heavy (non-hydrogen) atoms. The van der Waals surface area contributed by atoms with Gasteiger partial charge >= 0.3 is 0 Å². The minimum atomic E-state index is -0.586. The summed E-state index contributed by atoms with van der Waals surface area (Å²) in [6.07, 6.45) is 0. The molecule has 1 atom stereocenters. The molecule has 2 rings (SSSR count). The summed E-state index contributed by atoms with van der Waals surface area (Å²) in [7, 11) is 0. The van der Waals surface area contributed by atoms with Gasteiger partial charge in [0.15, 0.2) is 0 Å². The van der Waals surface area contributed by atoms with Gasteiger partial charge < -0.3 is 5.32 Å². The molecule has 0 bridgehead atoms. The smallest absolute Gasteiger partial charge is 0.272 e. The highest BCUT2D eigenvalue weighted by atomic mass is 19.1. The second-order valence-corrected chi connectivity index (χ2v) is 5.02. The van der Waals surface area contributed by atoms with Crippen LogP contribution in [0.2, 0.25) is 0 Å². The Morgan fingerprint density at radius 1 is 1.24 bits per heavy atom. The topological polar surface area (TPSA) is 55.2 Å². The van der Waals surface area contributed by atoms with Crippen LogP contribution in [0, 0.1) is 15.9 Å². The third kappa shape index (κ3) is 4.36. The summed E-state index contributed by atoms with van der Waals surface area (Å²) in [5, 5.41) is 13.9. The second kappa shape index (κ2) is 6.95. The van der Waals surface area contributed by atoms with Crippen molar-refractivity contribution in [3.63, 3.8) is 0 Å². The number of nitrogens with zero attached hydrogens (tertiary/aromatic N) is 1. The summed E-state index contributed by atoms with van der Waals surface area (Å²) < 4.78 is 13.3. The maximum atomic E-state index is 13.3. The molecule has 0 heterocycles. The minimum Gasteiger partial charge on any atom is -0.312 e. The predicted molar refractivity (Wildman–Crippen MR) is 79.6 cm³/mol. The van der Waals surface area contributed by atoms with Crippen LogP contribution < -0.4 is 5.32 Å². The van der Waals surface area contributed by atoms with Gasteiger partial charge in [-0.25, -0.2) is 4.39 Å². The van der Waals surface area contributed by atoms with Crippen LogP contribution in [-0.2, 0) is 6.54 Å². The van der Waals surface area contributed by atoms with Crippen LogP contribution in [0.25, 0.3) is 0 Å². The Balaban J connectivity index is 1.93. The van der Waals surface area contributed by atoms with E-state index in [1.807, 2.05) is 18.2 Å². The van der Waals surface area contributed by atoms with E-state index in [1.54, 1.807) is 0 Å². The standard InChI is InChI=1S/C16H17FN2O2/c1-12(14-5-3-2-4-6-14)10-18-11-13-7-15(17)9-16(8-13)19(20)21/h2-9,12,18H,10-11H2,1H3. The van der Waals surface area contributed by atoms with Crippen LogP contribution in [-0.4, -0.2) is 11.5 Å². The second-order valence-electron chi connectivity index (χ2n) is 5.02. The number of halogens is 1. The lowest BCUT2D eigenvalue weighted by Gasteiger charge is -2.13. The molecule has 0 aliphatic carbocycles. The Bertz CT molecular complexity index is 617. The molecule has 0 saturated carbocycles. The Kier molecular flexibility index (Phi) is 5.00. The monoisotopic (exact) mass is 288 g/mol. The van der Waals surface area contributed by atoms with E-state index in [2.05, 4.69) is 24.4 Å². The van der Waals surface area contributed by atoms with E-state index < -0.39 is 10.7 Å². The van der Waals surface area contributed by atoms with Gasteiger partial charge in [-0.15, -0.1) is 0 Å². The van der Waals surface area contributed by atoms with Gasteiger partial charge in [-0.05, 0) is 23.1 Å². The van der Waals surface area contributed by atoms with Crippen LogP contribution in [0.4, 0.5) is 10.1 Å². The maximum absolute atomic E-state index is 13.3. The van der Waals surface area contributed by atoms with Gasteiger partial charge in [-0.2, -0.15) is 0 Å². The number of rotatable bonds is 6. The zero-order valence-electron chi connectivity index (χ0n) is 11.8. The van der Waals surface area contributed by atoms with Crippen molar-refractivity contribution in [2.24, 2.45) is 0 Å². The number of nitro benzene ring substituents is 1. The molecule has 0 amide bonds. The number of nitrogens with one attached hydrogen (secondary N) is 1. The largest absolute Gasteiger partial charge is 0.312 e. The van der Waals surface area contributed by atoms with Crippen LogP contribution in [0.5, 0.6) is 0 Å². The van der Waals surface area contributed by atoms with Gasteiger partial charge in [0.2, 0.25) is 0 Å². The minimum absolute atomic E-state index is 0.220. The van der Waals surface area contributed by atoms with E-state index >= 15 is 0 Å². The SMILES string of the molecule is CC(CNCc1cc(F)cc([N+](=O)[O-])c1)c1ccccc1. The van der Waals surface area contributed by atoms with Crippen molar-refractivity contribution in [3.05, 3.63) is 75.6 Å². The van der Waals surface area contributed by atoms with Crippen molar-refractivity contribution in [1.29, 1.82) is 0 Å². The van der Waals surface area contributed by atoms with Crippen LogP contribution in [0.3, 0.4) is 0 Å². The Morgan fingerprint density at radius 3 is 2.62 bits per heavy atom. The summed E-state index contributed by atoms with van der Waals surface area (Å²) in [5.74, 6) is -0.271. The molecule has 2 aromatic carbocycles. The third-order valence-electron chi connectivity index (χ3n) is 3.30. The fourth-order valence-electron chi connectivity index (χ4n) is 2.17. The molecule has 4 nitrogen and oxygen atoms in total. The first-order chi connectivity index (χ1) is 10.1. The molecule has 0 aliphatic heterocycles. The summed E-state index contributed by atoms with van der Waals surface area (Å²) in [6, 6.07) is 13.7. The van der Waals surface area contributed by atoms with Gasteiger partial charge in [0.05, 0.1) is 11.0 Å². The molecule has 0 saturated heterocycles. The molecule has 0 radical (unpaired) electrons. The van der Waals surface area contributed by atoms with Crippen molar-refractivity contribution >= 4 is 5.69 Å². The van der Waals surface area contributed by atoms with Gasteiger partial charge in [-0.3, -0.25) is 10.1 Å². The molecule has 0 aromatic heterocycles. The Labute approximate surface area is 122 Å². The lowest BCUT2D eigenvalue weighted by Crippen LogP contribution is -2.19. The van der Waals surface area contributed by atoms with Crippen molar-refractivity contribution in [2.75, 3.05) is 6.54 Å². The number of hydrogen-bond donors (Lipinski definition) is 1. The highest BCUT2D eigenvalue weighted by Gasteiger charge is 2.10. The molecule has 1 N–H and O–H groups in total. The molecule has 110 valence electrons. The molecular weight excluding hydrogens is 271 g/mol. The number of nitro groups is 1.